The van der Waals surface area contributed by atoms with Crippen molar-refractivity contribution in [3.8, 4) is 0 Å². The van der Waals surface area contributed by atoms with Crippen LogP contribution in [0, 0.1) is 0 Å². The number of halogens is 2. The van der Waals surface area contributed by atoms with E-state index in [-0.39, 0.29) is 16.3 Å². The van der Waals surface area contributed by atoms with Crippen LogP contribution in [0.25, 0.3) is 0 Å². The first-order valence-electron chi connectivity index (χ1n) is 5.10. The summed E-state index contributed by atoms with van der Waals surface area (Å²) in [5.41, 5.74) is 0.461. The normalized spacial score (nSPS) is 13.1. The first-order chi connectivity index (χ1) is 8.20. The zero-order chi connectivity index (χ0) is 13.9. The Morgan fingerprint density at radius 1 is 1.44 bits per heavy atom. The summed E-state index contributed by atoms with van der Waals surface area (Å²) in [6.45, 7) is 2.96. The molecular formula is C11H12Cl2O4S. The summed E-state index contributed by atoms with van der Waals surface area (Å²) in [5.74, 6) is -0.424. The molecule has 1 rings (SSSR count). The fraction of sp³-hybridized carbons (Fsp3) is 0.364. The fourth-order valence-corrected chi connectivity index (χ4v) is 2.96. The van der Waals surface area contributed by atoms with Crippen molar-refractivity contribution in [1.29, 1.82) is 0 Å². The molecule has 0 spiro atoms. The van der Waals surface area contributed by atoms with Crippen molar-refractivity contribution >= 4 is 37.3 Å². The van der Waals surface area contributed by atoms with Gasteiger partial charge in [-0.3, -0.25) is 4.79 Å². The molecule has 0 saturated heterocycles. The van der Waals surface area contributed by atoms with Crippen molar-refractivity contribution < 1.29 is 17.9 Å². The van der Waals surface area contributed by atoms with Gasteiger partial charge in [0, 0.05) is 29.0 Å². The highest BCUT2D eigenvalue weighted by Crippen LogP contribution is 2.25. The molecule has 18 heavy (non-hydrogen) atoms. The van der Waals surface area contributed by atoms with E-state index in [0.29, 0.717) is 5.56 Å². The largest absolute Gasteiger partial charge is 0.463 e. The van der Waals surface area contributed by atoms with E-state index in [1.165, 1.54) is 13.0 Å². The molecular weight excluding hydrogens is 299 g/mol. The van der Waals surface area contributed by atoms with Gasteiger partial charge in [-0.15, -0.1) is 0 Å². The predicted molar refractivity (Wildman–Crippen MR) is 69.4 cm³/mol. The average Bonchev–Trinajstić information content (AvgIpc) is 2.17. The van der Waals surface area contributed by atoms with E-state index in [1.54, 1.807) is 19.1 Å². The summed E-state index contributed by atoms with van der Waals surface area (Å²) in [5, 5.41) is 0.276. The van der Waals surface area contributed by atoms with Crippen LogP contribution in [-0.4, -0.2) is 20.5 Å². The van der Waals surface area contributed by atoms with Gasteiger partial charge in [-0.1, -0.05) is 17.7 Å². The number of carbonyl (C=O) groups excluding carboxylic acids is 1. The van der Waals surface area contributed by atoms with Crippen molar-refractivity contribution in [1.82, 2.24) is 0 Å². The molecule has 100 valence electrons. The van der Waals surface area contributed by atoms with E-state index < -0.39 is 21.1 Å². The topological polar surface area (TPSA) is 60.4 Å². The number of esters is 1. The molecule has 1 aromatic carbocycles. The second kappa shape index (κ2) is 5.91. The maximum Gasteiger partial charge on any atom is 0.302 e. The van der Waals surface area contributed by atoms with Gasteiger partial charge in [-0.25, -0.2) is 8.42 Å². The maximum atomic E-state index is 11.4. The Hall–Kier alpha value is -0.780. The molecule has 0 saturated carbocycles. The van der Waals surface area contributed by atoms with Gasteiger partial charge in [0.1, 0.15) is 6.10 Å². The van der Waals surface area contributed by atoms with Crippen LogP contribution in [0.15, 0.2) is 23.1 Å². The summed E-state index contributed by atoms with van der Waals surface area (Å²) in [4.78, 5) is 10.7. The highest BCUT2D eigenvalue weighted by molar-refractivity contribution is 8.13. The summed E-state index contributed by atoms with van der Waals surface area (Å²) in [6, 6.07) is 4.39. The standard InChI is InChI=1S/C11H12Cl2O4S/c1-7(17-8(2)14)5-9-3-4-10(12)6-11(9)18(13,15)16/h3-4,6-7H,5H2,1-2H3. The summed E-state index contributed by atoms with van der Waals surface area (Å²) in [6.07, 6.45) is -0.196. The number of benzene rings is 1. The van der Waals surface area contributed by atoms with Crippen LogP contribution < -0.4 is 0 Å². The number of rotatable bonds is 4. The van der Waals surface area contributed by atoms with E-state index in [4.69, 9.17) is 27.0 Å². The number of hydrogen-bond acceptors (Lipinski definition) is 4. The average molecular weight is 311 g/mol. The summed E-state index contributed by atoms with van der Waals surface area (Å²) in [7, 11) is 1.45. The molecule has 1 atom stereocenters. The molecule has 0 fully saturated rings. The molecule has 0 amide bonds. The van der Waals surface area contributed by atoms with E-state index in [2.05, 4.69) is 0 Å². The molecule has 0 bridgehead atoms. The Morgan fingerprint density at radius 3 is 2.56 bits per heavy atom. The lowest BCUT2D eigenvalue weighted by Gasteiger charge is -2.13. The molecule has 0 aliphatic heterocycles. The monoisotopic (exact) mass is 310 g/mol. The lowest BCUT2D eigenvalue weighted by atomic mass is 10.1. The van der Waals surface area contributed by atoms with Crippen LogP contribution in [0.3, 0.4) is 0 Å². The summed E-state index contributed by atoms with van der Waals surface area (Å²) >= 11 is 5.74. The molecule has 7 heteroatoms. The molecule has 1 unspecified atom stereocenters. The predicted octanol–water partition coefficient (Wildman–Crippen LogP) is 2.76. The maximum absolute atomic E-state index is 11.4. The zero-order valence-electron chi connectivity index (χ0n) is 9.81. The minimum atomic E-state index is -3.88. The summed E-state index contributed by atoms with van der Waals surface area (Å²) < 4.78 is 27.8. The van der Waals surface area contributed by atoms with E-state index in [0.717, 1.165) is 0 Å². The Morgan fingerprint density at radius 2 is 2.06 bits per heavy atom. The van der Waals surface area contributed by atoms with Crippen molar-refractivity contribution in [3.63, 3.8) is 0 Å². The van der Waals surface area contributed by atoms with Crippen LogP contribution >= 0.6 is 22.3 Å². The lowest BCUT2D eigenvalue weighted by Crippen LogP contribution is -2.16. The molecule has 0 N–H and O–H groups in total. The highest BCUT2D eigenvalue weighted by atomic mass is 35.7. The van der Waals surface area contributed by atoms with Crippen molar-refractivity contribution in [2.75, 3.05) is 0 Å². The van der Waals surface area contributed by atoms with Crippen molar-refractivity contribution in [3.05, 3.63) is 28.8 Å². The molecule has 0 aliphatic rings. The molecule has 0 aromatic heterocycles. The van der Waals surface area contributed by atoms with Crippen LogP contribution in [0.1, 0.15) is 19.4 Å². The number of carbonyl (C=O) groups is 1. The molecule has 1 aromatic rings. The van der Waals surface area contributed by atoms with Crippen LogP contribution in [0.4, 0.5) is 0 Å². The molecule has 0 heterocycles. The van der Waals surface area contributed by atoms with Crippen LogP contribution in [-0.2, 0) is 25.0 Å². The van der Waals surface area contributed by atoms with Gasteiger partial charge >= 0.3 is 5.97 Å². The Balaban J connectivity index is 3.06. The van der Waals surface area contributed by atoms with E-state index in [1.807, 2.05) is 0 Å². The minimum absolute atomic E-state index is 0.0596. The quantitative estimate of drug-likeness (QED) is 0.634. The van der Waals surface area contributed by atoms with Crippen molar-refractivity contribution in [2.24, 2.45) is 0 Å². The van der Waals surface area contributed by atoms with Gasteiger partial charge in [-0.05, 0) is 24.6 Å². The number of ether oxygens (including phenoxy) is 1. The molecule has 0 radical (unpaired) electrons. The van der Waals surface area contributed by atoms with E-state index >= 15 is 0 Å². The SMILES string of the molecule is CC(=O)OC(C)Cc1ccc(Cl)cc1S(=O)(=O)Cl. The van der Waals surface area contributed by atoms with Crippen LogP contribution in [0.5, 0.6) is 0 Å². The van der Waals surface area contributed by atoms with E-state index in [9.17, 15) is 13.2 Å². The smallest absolute Gasteiger partial charge is 0.302 e. The van der Waals surface area contributed by atoms with Gasteiger partial charge in [-0.2, -0.15) is 0 Å². The Bertz CT molecular complexity index is 554. The minimum Gasteiger partial charge on any atom is -0.463 e. The Kier molecular flexibility index (Phi) is 5.01. The third kappa shape index (κ3) is 4.48. The van der Waals surface area contributed by atoms with Gasteiger partial charge in [0.05, 0.1) is 4.90 Å². The van der Waals surface area contributed by atoms with Gasteiger partial charge in [0.2, 0.25) is 0 Å². The van der Waals surface area contributed by atoms with Gasteiger partial charge in [0.25, 0.3) is 9.05 Å². The first kappa shape index (κ1) is 15.3. The lowest BCUT2D eigenvalue weighted by molar-refractivity contribution is -0.145. The second-order valence-electron chi connectivity index (χ2n) is 3.81. The van der Waals surface area contributed by atoms with Crippen molar-refractivity contribution in [2.45, 2.75) is 31.3 Å². The number of hydrogen-bond donors (Lipinski definition) is 0. The van der Waals surface area contributed by atoms with Crippen LogP contribution in [0.2, 0.25) is 5.02 Å². The van der Waals surface area contributed by atoms with Gasteiger partial charge in [0.15, 0.2) is 0 Å². The fourth-order valence-electron chi connectivity index (χ4n) is 1.56. The van der Waals surface area contributed by atoms with Gasteiger partial charge < -0.3 is 4.74 Å². The molecule has 4 nitrogen and oxygen atoms in total. The Labute approximate surface area is 115 Å². The highest BCUT2D eigenvalue weighted by Gasteiger charge is 2.18. The second-order valence-corrected chi connectivity index (χ2v) is 6.78. The third-order valence-corrected chi connectivity index (χ3v) is 3.81. The third-order valence-electron chi connectivity index (χ3n) is 2.17. The molecule has 0 aliphatic carbocycles. The first-order valence-corrected chi connectivity index (χ1v) is 7.79. The zero-order valence-corrected chi connectivity index (χ0v) is 12.1.